The molecule has 3 nitrogen and oxygen atoms in total. The SMILES string of the molecule is C=C(CCCCCCCCCCCC[N+](C)(C)C)C(=O)O. The number of carboxylic acids is 1. The number of aliphatic carboxylic acids is 1. The van der Waals surface area contributed by atoms with Gasteiger partial charge in [0.05, 0.1) is 27.7 Å². The fraction of sp³-hybridized carbons (Fsp3) is 0.833. The lowest BCUT2D eigenvalue weighted by Gasteiger charge is -2.23. The Kier molecular flexibility index (Phi) is 11.3. The molecule has 1 N–H and O–H groups in total. The number of unbranched alkanes of at least 4 members (excludes halogenated alkanes) is 9. The molecular formula is C18H36NO2+. The van der Waals surface area contributed by atoms with Crippen molar-refractivity contribution >= 4 is 5.97 Å². The van der Waals surface area contributed by atoms with Crippen LogP contribution in [-0.2, 0) is 4.79 Å². The van der Waals surface area contributed by atoms with Crippen LogP contribution in [0, 0.1) is 0 Å². The third kappa shape index (κ3) is 15.4. The number of rotatable bonds is 14. The average molecular weight is 298 g/mol. The minimum atomic E-state index is -0.847. The lowest BCUT2D eigenvalue weighted by Crippen LogP contribution is -2.35. The summed E-state index contributed by atoms with van der Waals surface area (Å²) in [5.41, 5.74) is 0.351. The van der Waals surface area contributed by atoms with Crippen molar-refractivity contribution in [3.63, 3.8) is 0 Å². The van der Waals surface area contributed by atoms with E-state index in [-0.39, 0.29) is 0 Å². The van der Waals surface area contributed by atoms with Crippen LogP contribution in [-0.4, -0.2) is 43.2 Å². The molecule has 0 spiro atoms. The van der Waals surface area contributed by atoms with Crippen LogP contribution < -0.4 is 0 Å². The summed E-state index contributed by atoms with van der Waals surface area (Å²) in [6.07, 6.45) is 13.4. The van der Waals surface area contributed by atoms with Gasteiger partial charge in [-0.05, 0) is 25.7 Å². The van der Waals surface area contributed by atoms with E-state index in [2.05, 4.69) is 27.7 Å². The minimum Gasteiger partial charge on any atom is -0.478 e. The zero-order chi connectivity index (χ0) is 16.1. The highest BCUT2D eigenvalue weighted by Crippen LogP contribution is 2.13. The number of hydrogen-bond acceptors (Lipinski definition) is 1. The maximum Gasteiger partial charge on any atom is 0.330 e. The fourth-order valence-electron chi connectivity index (χ4n) is 2.45. The lowest BCUT2D eigenvalue weighted by atomic mass is 10.0. The first-order valence-corrected chi connectivity index (χ1v) is 8.54. The van der Waals surface area contributed by atoms with Crippen molar-refractivity contribution in [3.05, 3.63) is 12.2 Å². The summed E-state index contributed by atoms with van der Waals surface area (Å²) in [7, 11) is 6.77. The Hall–Kier alpha value is -0.830. The van der Waals surface area contributed by atoms with Gasteiger partial charge in [0.1, 0.15) is 0 Å². The number of carboxylic acid groups (broad SMARTS) is 1. The molecule has 3 heteroatoms. The van der Waals surface area contributed by atoms with E-state index >= 15 is 0 Å². The van der Waals surface area contributed by atoms with Crippen LogP contribution in [0.5, 0.6) is 0 Å². The highest BCUT2D eigenvalue weighted by molar-refractivity contribution is 5.85. The van der Waals surface area contributed by atoms with Gasteiger partial charge in [-0.3, -0.25) is 0 Å². The van der Waals surface area contributed by atoms with E-state index in [0.717, 1.165) is 17.3 Å². The molecule has 0 saturated heterocycles. The molecule has 0 rings (SSSR count). The van der Waals surface area contributed by atoms with Crippen molar-refractivity contribution in [1.82, 2.24) is 0 Å². The summed E-state index contributed by atoms with van der Waals surface area (Å²) in [4.78, 5) is 10.6. The Morgan fingerprint density at radius 3 is 1.57 bits per heavy atom. The minimum absolute atomic E-state index is 0.351. The summed E-state index contributed by atoms with van der Waals surface area (Å²) in [5.74, 6) is -0.847. The largest absolute Gasteiger partial charge is 0.478 e. The second kappa shape index (κ2) is 11.8. The topological polar surface area (TPSA) is 37.3 Å². The molecule has 0 saturated carbocycles. The molecule has 0 bridgehead atoms. The summed E-state index contributed by atoms with van der Waals surface area (Å²) < 4.78 is 1.08. The maximum absolute atomic E-state index is 10.6. The molecule has 0 aliphatic rings. The molecule has 0 aliphatic carbocycles. The highest BCUT2D eigenvalue weighted by Gasteiger charge is 2.05. The van der Waals surface area contributed by atoms with E-state index in [4.69, 9.17) is 5.11 Å². The van der Waals surface area contributed by atoms with Crippen LogP contribution in [0.2, 0.25) is 0 Å². The third-order valence-electron chi connectivity index (χ3n) is 3.86. The maximum atomic E-state index is 10.6. The van der Waals surface area contributed by atoms with Gasteiger partial charge < -0.3 is 9.59 Å². The van der Waals surface area contributed by atoms with Gasteiger partial charge in [-0.1, -0.05) is 51.5 Å². The van der Waals surface area contributed by atoms with Crippen LogP contribution in [0.15, 0.2) is 12.2 Å². The number of hydrogen-bond donors (Lipinski definition) is 1. The summed E-state index contributed by atoms with van der Waals surface area (Å²) >= 11 is 0. The van der Waals surface area contributed by atoms with Gasteiger partial charge in [0, 0.05) is 5.57 Å². The van der Waals surface area contributed by atoms with Crippen molar-refractivity contribution in [2.45, 2.75) is 70.6 Å². The van der Waals surface area contributed by atoms with Crippen LogP contribution in [0.3, 0.4) is 0 Å². The molecule has 0 atom stereocenters. The van der Waals surface area contributed by atoms with Crippen molar-refractivity contribution < 1.29 is 14.4 Å². The quantitative estimate of drug-likeness (QED) is 0.288. The Morgan fingerprint density at radius 2 is 1.19 bits per heavy atom. The molecular weight excluding hydrogens is 262 g/mol. The molecule has 0 heterocycles. The van der Waals surface area contributed by atoms with E-state index in [9.17, 15) is 4.79 Å². The second-order valence-corrected chi connectivity index (χ2v) is 7.21. The van der Waals surface area contributed by atoms with E-state index in [1.807, 2.05) is 0 Å². The standard InChI is InChI=1S/C18H35NO2/c1-17(18(20)21)15-13-11-9-7-5-6-8-10-12-14-16-19(2,3)4/h1,5-16H2,2-4H3/p+1. The second-order valence-electron chi connectivity index (χ2n) is 7.21. The van der Waals surface area contributed by atoms with Crippen LogP contribution in [0.4, 0.5) is 0 Å². The van der Waals surface area contributed by atoms with Crippen LogP contribution in [0.25, 0.3) is 0 Å². The molecule has 0 fully saturated rings. The Balaban J connectivity index is 3.16. The van der Waals surface area contributed by atoms with Gasteiger partial charge >= 0.3 is 5.97 Å². The predicted octanol–water partition coefficient (Wildman–Crippen LogP) is 4.62. The average Bonchev–Trinajstić information content (AvgIpc) is 2.38. The molecule has 0 aliphatic heterocycles. The summed E-state index contributed by atoms with van der Waals surface area (Å²) in [6, 6.07) is 0. The summed E-state index contributed by atoms with van der Waals surface area (Å²) in [5, 5.41) is 8.69. The molecule has 124 valence electrons. The Bertz CT molecular complexity index is 292. The Labute approximate surface area is 131 Å². The normalized spacial score (nSPS) is 11.6. The molecule has 0 amide bonds. The third-order valence-corrected chi connectivity index (χ3v) is 3.86. The molecule has 0 aromatic heterocycles. The van der Waals surface area contributed by atoms with Crippen molar-refractivity contribution in [1.29, 1.82) is 0 Å². The van der Waals surface area contributed by atoms with Crippen molar-refractivity contribution in [2.75, 3.05) is 27.7 Å². The predicted molar refractivity (Wildman–Crippen MR) is 90.5 cm³/mol. The highest BCUT2D eigenvalue weighted by atomic mass is 16.4. The van der Waals surface area contributed by atoms with Crippen LogP contribution in [0.1, 0.15) is 70.6 Å². The van der Waals surface area contributed by atoms with Crippen molar-refractivity contribution in [2.24, 2.45) is 0 Å². The first-order valence-electron chi connectivity index (χ1n) is 8.54. The van der Waals surface area contributed by atoms with Gasteiger partial charge in [-0.2, -0.15) is 0 Å². The number of quaternary nitrogens is 1. The lowest BCUT2D eigenvalue weighted by molar-refractivity contribution is -0.870. The van der Waals surface area contributed by atoms with Crippen LogP contribution >= 0.6 is 0 Å². The monoisotopic (exact) mass is 298 g/mol. The van der Waals surface area contributed by atoms with Gasteiger partial charge in [-0.15, -0.1) is 0 Å². The number of carbonyl (C=O) groups is 1. The molecule has 21 heavy (non-hydrogen) atoms. The smallest absolute Gasteiger partial charge is 0.330 e. The molecule has 0 radical (unpaired) electrons. The zero-order valence-corrected chi connectivity index (χ0v) is 14.5. The van der Waals surface area contributed by atoms with E-state index in [1.54, 1.807) is 0 Å². The fourth-order valence-corrected chi connectivity index (χ4v) is 2.45. The molecule has 0 aromatic carbocycles. The summed E-state index contributed by atoms with van der Waals surface area (Å²) in [6.45, 7) is 4.83. The first kappa shape index (κ1) is 20.2. The Morgan fingerprint density at radius 1 is 0.810 bits per heavy atom. The van der Waals surface area contributed by atoms with Gasteiger partial charge in [0.25, 0.3) is 0 Å². The van der Waals surface area contributed by atoms with E-state index < -0.39 is 5.97 Å². The van der Waals surface area contributed by atoms with Crippen molar-refractivity contribution in [3.8, 4) is 0 Å². The van der Waals surface area contributed by atoms with E-state index in [1.165, 1.54) is 57.9 Å². The van der Waals surface area contributed by atoms with Gasteiger partial charge in [0.15, 0.2) is 0 Å². The zero-order valence-electron chi connectivity index (χ0n) is 14.5. The molecule has 0 aromatic rings. The van der Waals surface area contributed by atoms with Gasteiger partial charge in [-0.25, -0.2) is 4.79 Å². The van der Waals surface area contributed by atoms with Gasteiger partial charge in [0.2, 0.25) is 0 Å². The van der Waals surface area contributed by atoms with E-state index in [0.29, 0.717) is 12.0 Å². The first-order chi connectivity index (χ1) is 9.83. The molecule has 0 unspecified atom stereocenters. The number of nitrogens with zero attached hydrogens (tertiary/aromatic N) is 1.